The van der Waals surface area contributed by atoms with E-state index in [2.05, 4.69) is 260 Å². The van der Waals surface area contributed by atoms with Gasteiger partial charge in [-0.15, -0.1) is 0 Å². The van der Waals surface area contributed by atoms with Gasteiger partial charge in [0.1, 0.15) is 0 Å². The maximum atomic E-state index is 2.50. The number of hydrogen-bond donors (Lipinski definition) is 0. The monoisotopic (exact) mass is 871 g/mol. The molecule has 326 valence electrons. The molecule has 0 atom stereocenters. The molecule has 0 saturated heterocycles. The van der Waals surface area contributed by atoms with Gasteiger partial charge in [0.25, 0.3) is 0 Å². The first-order valence-electron chi connectivity index (χ1n) is 24.4. The Labute approximate surface area is 401 Å². The summed E-state index contributed by atoms with van der Waals surface area (Å²) in [4.78, 5) is 2.50. The minimum atomic E-state index is -0.531. The summed E-state index contributed by atoms with van der Waals surface area (Å²) in [6.45, 7) is 0. The molecule has 0 spiro atoms. The summed E-state index contributed by atoms with van der Waals surface area (Å²) in [5.41, 5.74) is 21.6. The molecule has 0 aromatic heterocycles. The average Bonchev–Trinajstić information content (AvgIpc) is 3.73. The summed E-state index contributed by atoms with van der Waals surface area (Å²) in [6.07, 6.45) is 6.68. The van der Waals surface area contributed by atoms with Crippen LogP contribution in [0.3, 0.4) is 0 Å². The summed E-state index contributed by atoms with van der Waals surface area (Å²) in [5, 5.41) is 0. The van der Waals surface area contributed by atoms with Crippen LogP contribution >= 0.6 is 0 Å². The Kier molecular flexibility index (Phi) is 11.0. The highest BCUT2D eigenvalue weighted by Crippen LogP contribution is 2.57. The molecule has 12 rings (SSSR count). The third kappa shape index (κ3) is 7.27. The summed E-state index contributed by atoms with van der Waals surface area (Å²) in [5.74, 6) is 0.688. The van der Waals surface area contributed by atoms with Crippen LogP contribution in [0.25, 0.3) is 55.6 Å². The van der Waals surface area contributed by atoms with E-state index in [1.165, 1.54) is 110 Å². The lowest BCUT2D eigenvalue weighted by Crippen LogP contribution is -2.28. The lowest BCUT2D eigenvalue weighted by Gasteiger charge is -2.35. The van der Waals surface area contributed by atoms with Gasteiger partial charge < -0.3 is 4.90 Å². The zero-order valence-corrected chi connectivity index (χ0v) is 38.3. The van der Waals surface area contributed by atoms with Crippen LogP contribution in [0.2, 0.25) is 0 Å². The highest BCUT2D eigenvalue weighted by molar-refractivity contribution is 5.98. The smallest absolute Gasteiger partial charge is 0.0714 e. The normalized spacial score (nSPS) is 13.9. The minimum Gasteiger partial charge on any atom is -0.310 e. The first-order chi connectivity index (χ1) is 33.8. The molecule has 2 aliphatic rings. The Morgan fingerprint density at radius 1 is 0.309 bits per heavy atom. The topological polar surface area (TPSA) is 3.24 Å². The SMILES string of the molecule is c1ccc(-c2ccccc2-c2ccccc2-c2ccccc2N(c2ccc(-c3ccc(C4CCCCC4)cc3)cc2)c2ccc3c(c2)C(c2ccccc2)(c2ccccc2)c2ccccc2-3)cc1. The Morgan fingerprint density at radius 2 is 0.765 bits per heavy atom. The van der Waals surface area contributed by atoms with Crippen LogP contribution in [-0.2, 0) is 5.41 Å². The second-order valence-electron chi connectivity index (χ2n) is 18.6. The van der Waals surface area contributed by atoms with Gasteiger partial charge in [0.15, 0.2) is 0 Å². The molecular weight excluding hydrogens is 819 g/mol. The maximum Gasteiger partial charge on any atom is 0.0714 e. The Morgan fingerprint density at radius 3 is 1.40 bits per heavy atom. The van der Waals surface area contributed by atoms with Crippen molar-refractivity contribution in [2.75, 3.05) is 4.90 Å². The van der Waals surface area contributed by atoms with Crippen molar-refractivity contribution in [1.29, 1.82) is 0 Å². The van der Waals surface area contributed by atoms with Crippen molar-refractivity contribution in [2.45, 2.75) is 43.4 Å². The molecule has 68 heavy (non-hydrogen) atoms. The molecule has 10 aromatic carbocycles. The molecule has 10 aromatic rings. The van der Waals surface area contributed by atoms with Crippen molar-refractivity contribution in [3.8, 4) is 55.6 Å². The quantitative estimate of drug-likeness (QED) is 0.132. The highest BCUT2D eigenvalue weighted by Gasteiger charge is 2.46. The van der Waals surface area contributed by atoms with E-state index in [9.17, 15) is 0 Å². The van der Waals surface area contributed by atoms with Crippen LogP contribution in [0.1, 0.15) is 65.8 Å². The van der Waals surface area contributed by atoms with Gasteiger partial charge in [-0.3, -0.25) is 0 Å². The molecule has 0 amide bonds. The second-order valence-corrected chi connectivity index (χ2v) is 18.6. The van der Waals surface area contributed by atoms with Gasteiger partial charge in [0, 0.05) is 16.9 Å². The average molecular weight is 872 g/mol. The molecule has 1 heteroatoms. The molecule has 0 radical (unpaired) electrons. The van der Waals surface area contributed by atoms with Crippen LogP contribution in [0.5, 0.6) is 0 Å². The van der Waals surface area contributed by atoms with Crippen molar-refractivity contribution in [2.24, 2.45) is 0 Å². The van der Waals surface area contributed by atoms with E-state index in [1.807, 2.05) is 0 Å². The van der Waals surface area contributed by atoms with Gasteiger partial charge in [-0.25, -0.2) is 0 Å². The molecule has 0 aliphatic heterocycles. The van der Waals surface area contributed by atoms with E-state index in [1.54, 1.807) is 0 Å². The van der Waals surface area contributed by atoms with Crippen LogP contribution in [0, 0.1) is 0 Å². The van der Waals surface area contributed by atoms with E-state index in [0.717, 1.165) is 22.6 Å². The number of rotatable bonds is 10. The van der Waals surface area contributed by atoms with Crippen LogP contribution in [-0.4, -0.2) is 0 Å². The number of benzene rings is 10. The van der Waals surface area contributed by atoms with Crippen molar-refractivity contribution in [3.63, 3.8) is 0 Å². The van der Waals surface area contributed by atoms with Crippen LogP contribution in [0.4, 0.5) is 17.1 Å². The second kappa shape index (κ2) is 18.0. The summed E-state index contributed by atoms with van der Waals surface area (Å²) in [7, 11) is 0. The van der Waals surface area contributed by atoms with E-state index in [-0.39, 0.29) is 0 Å². The van der Waals surface area contributed by atoms with E-state index >= 15 is 0 Å². The fourth-order valence-corrected chi connectivity index (χ4v) is 11.6. The number of anilines is 3. The van der Waals surface area contributed by atoms with Gasteiger partial charge in [-0.2, -0.15) is 0 Å². The maximum absolute atomic E-state index is 2.50. The fourth-order valence-electron chi connectivity index (χ4n) is 11.6. The Hall–Kier alpha value is -8.00. The summed E-state index contributed by atoms with van der Waals surface area (Å²) >= 11 is 0. The molecule has 1 saturated carbocycles. The standard InChI is InChI=1S/C67H53N/c1-5-21-48(22-6-1)49-37-39-50(40-38-49)51-41-43-55(44-42-51)68(66-36-20-18-34-63(66)60-32-16-15-31-59(60)58-30-14-13-29-57(58)52-23-7-2-8-24-52)56-45-46-62-61-33-17-19-35-64(61)67(65(62)47-56,53-25-9-3-10-26-53)54-27-11-4-12-28-54/h2-4,7-20,23-48H,1,5-6,21-22H2. The molecule has 2 aliphatic carbocycles. The predicted molar refractivity (Wildman–Crippen MR) is 286 cm³/mol. The first-order valence-corrected chi connectivity index (χ1v) is 24.4. The fraction of sp³-hybridized carbons (Fsp3) is 0.104. The van der Waals surface area contributed by atoms with Gasteiger partial charge >= 0.3 is 0 Å². The molecular formula is C67H53N. The van der Waals surface area contributed by atoms with Crippen molar-refractivity contribution in [3.05, 3.63) is 283 Å². The van der Waals surface area contributed by atoms with Crippen molar-refractivity contribution >= 4 is 17.1 Å². The van der Waals surface area contributed by atoms with E-state index < -0.39 is 5.41 Å². The molecule has 0 unspecified atom stereocenters. The number of para-hydroxylation sites is 1. The third-order valence-electron chi connectivity index (χ3n) is 14.8. The third-order valence-corrected chi connectivity index (χ3v) is 14.8. The lowest BCUT2D eigenvalue weighted by molar-refractivity contribution is 0.443. The van der Waals surface area contributed by atoms with Crippen molar-refractivity contribution < 1.29 is 0 Å². The van der Waals surface area contributed by atoms with Crippen LogP contribution in [0.15, 0.2) is 255 Å². The van der Waals surface area contributed by atoms with Gasteiger partial charge in [0.2, 0.25) is 0 Å². The van der Waals surface area contributed by atoms with Crippen LogP contribution < -0.4 is 4.90 Å². The minimum absolute atomic E-state index is 0.531. The zero-order valence-electron chi connectivity index (χ0n) is 38.3. The molecule has 0 N–H and O–H groups in total. The highest BCUT2D eigenvalue weighted by atomic mass is 15.1. The van der Waals surface area contributed by atoms with Crippen molar-refractivity contribution in [1.82, 2.24) is 0 Å². The molecule has 0 heterocycles. The van der Waals surface area contributed by atoms with Gasteiger partial charge in [0.05, 0.1) is 11.1 Å². The summed E-state index contributed by atoms with van der Waals surface area (Å²) in [6, 6.07) is 94.7. The Balaban J connectivity index is 1.05. The first kappa shape index (κ1) is 41.4. The molecule has 0 bridgehead atoms. The lowest BCUT2D eigenvalue weighted by atomic mass is 9.67. The molecule has 1 fully saturated rings. The zero-order chi connectivity index (χ0) is 45.3. The van der Waals surface area contributed by atoms with E-state index in [4.69, 9.17) is 0 Å². The van der Waals surface area contributed by atoms with Gasteiger partial charge in [-0.05, 0) is 127 Å². The number of hydrogen-bond acceptors (Lipinski definition) is 1. The Bertz CT molecular complexity index is 3310. The van der Waals surface area contributed by atoms with Gasteiger partial charge in [-0.1, -0.05) is 244 Å². The summed E-state index contributed by atoms with van der Waals surface area (Å²) < 4.78 is 0. The van der Waals surface area contributed by atoms with E-state index in [0.29, 0.717) is 5.92 Å². The number of fused-ring (bicyclic) bond motifs is 3. The number of nitrogens with zero attached hydrogens (tertiary/aromatic N) is 1. The predicted octanol–water partition coefficient (Wildman–Crippen LogP) is 18.2. The largest absolute Gasteiger partial charge is 0.310 e. The molecule has 1 nitrogen and oxygen atoms in total.